The lowest BCUT2D eigenvalue weighted by Crippen LogP contribution is -2.22. The fourth-order valence-electron chi connectivity index (χ4n) is 2.40. The van der Waals surface area contributed by atoms with Crippen molar-refractivity contribution in [3.05, 3.63) is 17.0 Å². The lowest BCUT2D eigenvalue weighted by molar-refractivity contribution is 0.410. The summed E-state index contributed by atoms with van der Waals surface area (Å²) in [4.78, 5) is 0. The van der Waals surface area contributed by atoms with E-state index < -0.39 is 0 Å². The Labute approximate surface area is 129 Å². The van der Waals surface area contributed by atoms with Crippen LogP contribution in [-0.4, -0.2) is 15.8 Å². The van der Waals surface area contributed by atoms with E-state index in [2.05, 4.69) is 48.9 Å². The summed E-state index contributed by atoms with van der Waals surface area (Å²) >= 11 is 0. The summed E-state index contributed by atoms with van der Waals surface area (Å²) in [5.41, 5.74) is 3.50. The number of nitrogens with one attached hydrogen (secondary N) is 1. The zero-order valence-corrected chi connectivity index (χ0v) is 14.5. The van der Waals surface area contributed by atoms with Crippen LogP contribution in [0, 0.1) is 30.6 Å². The van der Waals surface area contributed by atoms with Gasteiger partial charge < -0.3 is 5.32 Å². The van der Waals surface area contributed by atoms with Crippen molar-refractivity contribution in [1.29, 1.82) is 5.26 Å². The SMILES string of the molecule is Cc1nn(CCCCC(C)(C)C#N)c(C)c1CNC(C)C. The molecule has 4 nitrogen and oxygen atoms in total. The summed E-state index contributed by atoms with van der Waals surface area (Å²) in [5.74, 6) is 0. The zero-order chi connectivity index (χ0) is 16.0. The minimum absolute atomic E-state index is 0.207. The second kappa shape index (κ2) is 7.61. The Morgan fingerprint density at radius 2 is 1.95 bits per heavy atom. The largest absolute Gasteiger partial charge is 0.310 e. The van der Waals surface area contributed by atoms with Gasteiger partial charge in [0.2, 0.25) is 0 Å². The predicted molar refractivity (Wildman–Crippen MR) is 86.9 cm³/mol. The molecule has 0 aromatic carbocycles. The van der Waals surface area contributed by atoms with Crippen molar-refractivity contribution in [3.8, 4) is 6.07 Å². The first kappa shape index (κ1) is 17.7. The Kier molecular flexibility index (Phi) is 6.42. The van der Waals surface area contributed by atoms with Crippen molar-refractivity contribution in [3.63, 3.8) is 0 Å². The molecule has 1 aromatic heterocycles. The van der Waals surface area contributed by atoms with Gasteiger partial charge in [-0.25, -0.2) is 0 Å². The number of nitrogens with zero attached hydrogens (tertiary/aromatic N) is 3. The fourth-order valence-corrected chi connectivity index (χ4v) is 2.40. The van der Waals surface area contributed by atoms with E-state index in [1.807, 2.05) is 13.8 Å². The van der Waals surface area contributed by atoms with E-state index in [-0.39, 0.29) is 5.41 Å². The van der Waals surface area contributed by atoms with E-state index in [4.69, 9.17) is 5.26 Å². The van der Waals surface area contributed by atoms with Crippen LogP contribution in [0.3, 0.4) is 0 Å². The van der Waals surface area contributed by atoms with Crippen LogP contribution in [0.1, 0.15) is 63.9 Å². The summed E-state index contributed by atoms with van der Waals surface area (Å²) in [7, 11) is 0. The number of unbranched alkanes of at least 4 members (excludes halogenated alkanes) is 1. The Morgan fingerprint density at radius 1 is 1.29 bits per heavy atom. The monoisotopic (exact) mass is 290 g/mol. The lowest BCUT2D eigenvalue weighted by Gasteiger charge is -2.14. The van der Waals surface area contributed by atoms with E-state index in [9.17, 15) is 0 Å². The summed E-state index contributed by atoms with van der Waals surface area (Å²) in [6.07, 6.45) is 3.09. The van der Waals surface area contributed by atoms with E-state index in [1.54, 1.807) is 0 Å². The molecule has 21 heavy (non-hydrogen) atoms. The van der Waals surface area contributed by atoms with Gasteiger partial charge in [-0.15, -0.1) is 0 Å². The second-order valence-electron chi connectivity index (χ2n) is 6.86. The molecule has 0 saturated heterocycles. The average Bonchev–Trinajstić information content (AvgIpc) is 2.67. The van der Waals surface area contributed by atoms with Crippen LogP contribution in [-0.2, 0) is 13.1 Å². The van der Waals surface area contributed by atoms with Gasteiger partial charge in [0, 0.05) is 30.4 Å². The molecule has 0 amide bonds. The quantitative estimate of drug-likeness (QED) is 0.742. The average molecular weight is 290 g/mol. The molecule has 0 aliphatic rings. The molecule has 0 aliphatic carbocycles. The van der Waals surface area contributed by atoms with Crippen molar-refractivity contribution < 1.29 is 0 Å². The molecule has 0 atom stereocenters. The minimum Gasteiger partial charge on any atom is -0.310 e. The predicted octanol–water partition coefficient (Wildman–Crippen LogP) is 3.72. The maximum Gasteiger partial charge on any atom is 0.0683 e. The molecule has 0 saturated carbocycles. The topological polar surface area (TPSA) is 53.6 Å². The van der Waals surface area contributed by atoms with Crippen molar-refractivity contribution in [2.45, 2.75) is 79.9 Å². The number of hydrogen-bond acceptors (Lipinski definition) is 3. The molecule has 1 heterocycles. The first-order valence-corrected chi connectivity index (χ1v) is 7.94. The van der Waals surface area contributed by atoms with Crippen LogP contribution in [0.15, 0.2) is 0 Å². The highest BCUT2D eigenvalue weighted by Gasteiger charge is 2.16. The molecule has 1 rings (SSSR count). The minimum atomic E-state index is -0.207. The van der Waals surface area contributed by atoms with Crippen LogP contribution >= 0.6 is 0 Å². The molecular weight excluding hydrogens is 260 g/mol. The van der Waals surface area contributed by atoms with Crippen LogP contribution in [0.4, 0.5) is 0 Å². The smallest absolute Gasteiger partial charge is 0.0683 e. The van der Waals surface area contributed by atoms with Gasteiger partial charge in [-0.05, 0) is 40.5 Å². The summed E-state index contributed by atoms with van der Waals surface area (Å²) in [5, 5.41) is 17.1. The van der Waals surface area contributed by atoms with Gasteiger partial charge >= 0.3 is 0 Å². The maximum absolute atomic E-state index is 9.02. The van der Waals surface area contributed by atoms with Gasteiger partial charge in [0.25, 0.3) is 0 Å². The van der Waals surface area contributed by atoms with E-state index in [1.165, 1.54) is 11.3 Å². The molecule has 0 spiro atoms. The van der Waals surface area contributed by atoms with Crippen molar-refractivity contribution in [1.82, 2.24) is 15.1 Å². The lowest BCUT2D eigenvalue weighted by atomic mass is 9.89. The first-order chi connectivity index (χ1) is 9.76. The number of aryl methyl sites for hydroxylation is 2. The highest BCUT2D eigenvalue weighted by molar-refractivity contribution is 5.24. The molecule has 1 N–H and O–H groups in total. The van der Waals surface area contributed by atoms with Crippen molar-refractivity contribution >= 4 is 0 Å². The summed E-state index contributed by atoms with van der Waals surface area (Å²) < 4.78 is 2.12. The van der Waals surface area contributed by atoms with Crippen LogP contribution in [0.5, 0.6) is 0 Å². The van der Waals surface area contributed by atoms with E-state index in [0.717, 1.165) is 38.0 Å². The highest BCUT2D eigenvalue weighted by atomic mass is 15.3. The molecule has 118 valence electrons. The van der Waals surface area contributed by atoms with Gasteiger partial charge in [-0.3, -0.25) is 4.68 Å². The number of aromatic nitrogens is 2. The normalized spacial score (nSPS) is 11.9. The molecule has 4 heteroatoms. The van der Waals surface area contributed by atoms with Gasteiger partial charge in [-0.1, -0.05) is 20.3 Å². The molecule has 0 radical (unpaired) electrons. The van der Waals surface area contributed by atoms with Gasteiger partial charge in [0.05, 0.1) is 17.2 Å². The Morgan fingerprint density at radius 3 is 2.52 bits per heavy atom. The Hall–Kier alpha value is -1.34. The van der Waals surface area contributed by atoms with Crippen LogP contribution in [0.2, 0.25) is 0 Å². The molecule has 0 fully saturated rings. The van der Waals surface area contributed by atoms with E-state index >= 15 is 0 Å². The molecule has 1 aromatic rings. The highest BCUT2D eigenvalue weighted by Crippen LogP contribution is 2.22. The Bertz CT molecular complexity index is 492. The second-order valence-corrected chi connectivity index (χ2v) is 6.86. The van der Waals surface area contributed by atoms with Crippen molar-refractivity contribution in [2.24, 2.45) is 5.41 Å². The van der Waals surface area contributed by atoms with Gasteiger partial charge in [0.1, 0.15) is 0 Å². The molecular formula is C17H30N4. The Balaban J connectivity index is 2.53. The first-order valence-electron chi connectivity index (χ1n) is 7.94. The number of hydrogen-bond donors (Lipinski definition) is 1. The van der Waals surface area contributed by atoms with Crippen LogP contribution < -0.4 is 5.32 Å². The standard InChI is InChI=1S/C17H30N4/c1-13(2)19-11-16-14(3)20-21(15(16)4)10-8-7-9-17(5,6)12-18/h13,19H,7-11H2,1-6H3. The summed E-state index contributed by atoms with van der Waals surface area (Å²) in [6, 6.07) is 2.85. The summed E-state index contributed by atoms with van der Waals surface area (Å²) in [6.45, 7) is 14.4. The molecule has 0 unspecified atom stereocenters. The number of nitriles is 1. The third-order valence-electron chi connectivity index (χ3n) is 3.94. The van der Waals surface area contributed by atoms with Gasteiger partial charge in [0.15, 0.2) is 0 Å². The maximum atomic E-state index is 9.02. The third kappa shape index (κ3) is 5.51. The van der Waals surface area contributed by atoms with Crippen molar-refractivity contribution in [2.75, 3.05) is 0 Å². The molecule has 0 bridgehead atoms. The molecule has 0 aliphatic heterocycles. The van der Waals surface area contributed by atoms with Gasteiger partial charge in [-0.2, -0.15) is 10.4 Å². The van der Waals surface area contributed by atoms with Crippen LogP contribution in [0.25, 0.3) is 0 Å². The third-order valence-corrected chi connectivity index (χ3v) is 3.94. The van der Waals surface area contributed by atoms with E-state index in [0.29, 0.717) is 6.04 Å². The number of rotatable bonds is 8. The fraction of sp³-hybridized carbons (Fsp3) is 0.765. The zero-order valence-electron chi connectivity index (χ0n) is 14.5.